The van der Waals surface area contributed by atoms with Crippen molar-refractivity contribution in [2.45, 2.75) is 18.8 Å². The van der Waals surface area contributed by atoms with Crippen molar-refractivity contribution in [2.24, 2.45) is 11.8 Å². The highest BCUT2D eigenvalue weighted by molar-refractivity contribution is 5.61. The summed E-state index contributed by atoms with van der Waals surface area (Å²) in [6.45, 7) is 2.37. The lowest BCUT2D eigenvalue weighted by Crippen LogP contribution is -2.10. The van der Waals surface area contributed by atoms with Gasteiger partial charge in [-0.1, -0.05) is 29.4 Å². The normalized spacial score (nSPS) is 24.7. The van der Waals surface area contributed by atoms with E-state index in [4.69, 9.17) is 10.3 Å². The molecular weight excluding hydrogens is 324 g/mol. The summed E-state index contributed by atoms with van der Waals surface area (Å²) in [5.74, 6) is 3.58. The number of anilines is 1. The molecule has 5 nitrogen and oxygen atoms in total. The van der Waals surface area contributed by atoms with Crippen LogP contribution in [0.2, 0.25) is 0 Å². The monoisotopic (exact) mass is 346 g/mol. The maximum absolute atomic E-state index is 5.72. The van der Waals surface area contributed by atoms with E-state index in [1.807, 2.05) is 24.3 Å². The van der Waals surface area contributed by atoms with E-state index >= 15 is 0 Å². The predicted molar refractivity (Wildman–Crippen MR) is 101 cm³/mol. The SMILES string of the molecule is Nc1ccc(-c2nc(-c3ccc(C4CC4[C@@H]4CCNC4)cc3)no2)cc1. The van der Waals surface area contributed by atoms with Crippen LogP contribution in [0.25, 0.3) is 22.8 Å². The van der Waals surface area contributed by atoms with E-state index in [1.165, 1.54) is 31.5 Å². The predicted octanol–water partition coefficient (Wildman–Crippen LogP) is 3.70. The third kappa shape index (κ3) is 2.88. The van der Waals surface area contributed by atoms with Gasteiger partial charge >= 0.3 is 0 Å². The molecule has 0 radical (unpaired) electrons. The van der Waals surface area contributed by atoms with Crippen molar-refractivity contribution in [1.82, 2.24) is 15.5 Å². The first-order valence-electron chi connectivity index (χ1n) is 9.28. The van der Waals surface area contributed by atoms with Gasteiger partial charge in [0, 0.05) is 16.8 Å². The number of hydrogen-bond acceptors (Lipinski definition) is 5. The molecule has 2 heterocycles. The van der Waals surface area contributed by atoms with Crippen LogP contribution >= 0.6 is 0 Å². The van der Waals surface area contributed by atoms with Crippen molar-refractivity contribution in [2.75, 3.05) is 18.8 Å². The summed E-state index contributed by atoms with van der Waals surface area (Å²) >= 11 is 0. The van der Waals surface area contributed by atoms with Crippen LogP contribution in [0.1, 0.15) is 24.3 Å². The molecule has 5 heteroatoms. The largest absolute Gasteiger partial charge is 0.399 e. The molecule has 3 aromatic rings. The molecule has 5 rings (SSSR count). The molecule has 0 spiro atoms. The Balaban J connectivity index is 1.31. The molecule has 132 valence electrons. The minimum atomic E-state index is 0.514. The molecule has 0 bridgehead atoms. The summed E-state index contributed by atoms with van der Waals surface area (Å²) < 4.78 is 5.41. The average molecular weight is 346 g/mol. The van der Waals surface area contributed by atoms with Gasteiger partial charge in [-0.3, -0.25) is 0 Å². The molecule has 2 fully saturated rings. The number of aromatic nitrogens is 2. The van der Waals surface area contributed by atoms with Gasteiger partial charge in [0.2, 0.25) is 5.82 Å². The van der Waals surface area contributed by atoms with Gasteiger partial charge < -0.3 is 15.6 Å². The Morgan fingerprint density at radius 2 is 1.77 bits per heavy atom. The molecule has 1 aliphatic carbocycles. The van der Waals surface area contributed by atoms with Crippen molar-refractivity contribution in [1.29, 1.82) is 0 Å². The molecular formula is C21H22N4O. The highest BCUT2D eigenvalue weighted by Gasteiger charge is 2.44. The third-order valence-corrected chi connectivity index (χ3v) is 5.72. The number of benzene rings is 2. The molecule has 1 saturated carbocycles. The number of nitrogens with two attached hydrogens (primary N) is 1. The van der Waals surface area contributed by atoms with E-state index in [-0.39, 0.29) is 0 Å². The van der Waals surface area contributed by atoms with Crippen molar-refractivity contribution < 1.29 is 4.52 Å². The van der Waals surface area contributed by atoms with Crippen LogP contribution in [-0.4, -0.2) is 23.2 Å². The van der Waals surface area contributed by atoms with E-state index in [1.54, 1.807) is 0 Å². The summed E-state index contributed by atoms with van der Waals surface area (Å²) in [6.07, 6.45) is 2.66. The van der Waals surface area contributed by atoms with Gasteiger partial charge in [0.1, 0.15) is 0 Å². The summed E-state index contributed by atoms with van der Waals surface area (Å²) in [5, 5.41) is 7.61. The Morgan fingerprint density at radius 3 is 2.50 bits per heavy atom. The Bertz CT molecular complexity index is 895. The second kappa shape index (κ2) is 6.25. The molecule has 1 aliphatic heterocycles. The Labute approximate surface area is 152 Å². The van der Waals surface area contributed by atoms with E-state index in [0.29, 0.717) is 11.7 Å². The second-order valence-electron chi connectivity index (χ2n) is 7.43. The van der Waals surface area contributed by atoms with Gasteiger partial charge in [0.15, 0.2) is 0 Å². The molecule has 2 unspecified atom stereocenters. The van der Waals surface area contributed by atoms with Gasteiger partial charge in [-0.05, 0) is 73.5 Å². The molecule has 1 saturated heterocycles. The highest BCUT2D eigenvalue weighted by atomic mass is 16.5. The van der Waals surface area contributed by atoms with Gasteiger partial charge in [0.25, 0.3) is 5.89 Å². The van der Waals surface area contributed by atoms with Crippen molar-refractivity contribution in [3.63, 3.8) is 0 Å². The van der Waals surface area contributed by atoms with Gasteiger partial charge in [-0.25, -0.2) is 0 Å². The summed E-state index contributed by atoms with van der Waals surface area (Å²) in [5.41, 5.74) is 9.74. The van der Waals surface area contributed by atoms with Gasteiger partial charge in [-0.2, -0.15) is 4.98 Å². The van der Waals surface area contributed by atoms with Gasteiger partial charge in [0.05, 0.1) is 0 Å². The van der Waals surface area contributed by atoms with E-state index in [0.717, 1.165) is 34.6 Å². The zero-order chi connectivity index (χ0) is 17.5. The van der Waals surface area contributed by atoms with Crippen LogP contribution in [0.3, 0.4) is 0 Å². The second-order valence-corrected chi connectivity index (χ2v) is 7.43. The fourth-order valence-electron chi connectivity index (χ4n) is 4.12. The first kappa shape index (κ1) is 15.6. The first-order valence-corrected chi connectivity index (χ1v) is 9.28. The maximum atomic E-state index is 5.72. The summed E-state index contributed by atoms with van der Waals surface area (Å²) in [4.78, 5) is 4.52. The Hall–Kier alpha value is -2.66. The smallest absolute Gasteiger partial charge is 0.258 e. The van der Waals surface area contributed by atoms with Gasteiger partial charge in [-0.15, -0.1) is 0 Å². The maximum Gasteiger partial charge on any atom is 0.258 e. The number of rotatable bonds is 4. The third-order valence-electron chi connectivity index (χ3n) is 5.72. The van der Waals surface area contributed by atoms with Crippen LogP contribution < -0.4 is 11.1 Å². The molecule has 26 heavy (non-hydrogen) atoms. The Morgan fingerprint density at radius 1 is 1.00 bits per heavy atom. The van der Waals surface area contributed by atoms with E-state index < -0.39 is 0 Å². The van der Waals surface area contributed by atoms with E-state index in [2.05, 4.69) is 39.7 Å². The van der Waals surface area contributed by atoms with Crippen LogP contribution in [0.5, 0.6) is 0 Å². The molecule has 2 aromatic carbocycles. The lowest BCUT2D eigenvalue weighted by molar-refractivity contribution is 0.432. The quantitative estimate of drug-likeness (QED) is 0.705. The van der Waals surface area contributed by atoms with E-state index in [9.17, 15) is 0 Å². The standard InChI is InChI=1S/C21H22N4O/c22-17-7-5-15(6-8-17)21-24-20(25-26-21)14-3-1-13(2-4-14)18-11-19(18)16-9-10-23-12-16/h1-8,16,18-19,23H,9-12,22H2/t16-,18?,19?/m1/s1. The molecule has 1 aromatic heterocycles. The lowest BCUT2D eigenvalue weighted by Gasteiger charge is -2.07. The lowest BCUT2D eigenvalue weighted by atomic mass is 9.98. The molecule has 2 aliphatic rings. The van der Waals surface area contributed by atoms with Crippen molar-refractivity contribution >= 4 is 5.69 Å². The molecule has 3 N–H and O–H groups in total. The van der Waals surface area contributed by atoms with Crippen molar-refractivity contribution in [3.05, 3.63) is 54.1 Å². The number of nitrogen functional groups attached to an aromatic ring is 1. The van der Waals surface area contributed by atoms with Crippen LogP contribution in [-0.2, 0) is 0 Å². The number of hydrogen-bond donors (Lipinski definition) is 2. The summed E-state index contributed by atoms with van der Waals surface area (Å²) in [7, 11) is 0. The average Bonchev–Trinajstić information content (AvgIpc) is 3.09. The first-order chi connectivity index (χ1) is 12.8. The minimum Gasteiger partial charge on any atom is -0.399 e. The zero-order valence-electron chi connectivity index (χ0n) is 14.6. The van der Waals surface area contributed by atoms with Crippen molar-refractivity contribution in [3.8, 4) is 22.8 Å². The zero-order valence-corrected chi connectivity index (χ0v) is 14.6. The Kier molecular flexibility index (Phi) is 3.75. The number of nitrogens with zero attached hydrogens (tertiary/aromatic N) is 2. The highest BCUT2D eigenvalue weighted by Crippen LogP contribution is 2.53. The fraction of sp³-hybridized carbons (Fsp3) is 0.333. The summed E-state index contributed by atoms with van der Waals surface area (Å²) in [6, 6.07) is 16.1. The fourth-order valence-corrected chi connectivity index (χ4v) is 4.12. The minimum absolute atomic E-state index is 0.514. The molecule has 0 amide bonds. The topological polar surface area (TPSA) is 77.0 Å². The molecule has 3 atom stereocenters. The van der Waals surface area contributed by atoms with Crippen LogP contribution in [0.4, 0.5) is 5.69 Å². The van der Waals surface area contributed by atoms with Crippen LogP contribution in [0, 0.1) is 11.8 Å². The van der Waals surface area contributed by atoms with Crippen LogP contribution in [0.15, 0.2) is 53.1 Å². The number of nitrogens with one attached hydrogen (secondary N) is 1.